The summed E-state index contributed by atoms with van der Waals surface area (Å²) in [5.41, 5.74) is 1.44. The number of aromatic nitrogens is 1. The fourth-order valence-electron chi connectivity index (χ4n) is 2.66. The van der Waals surface area contributed by atoms with Gasteiger partial charge in [-0.3, -0.25) is 4.79 Å². The first-order chi connectivity index (χ1) is 9.65. The van der Waals surface area contributed by atoms with Gasteiger partial charge in [0.1, 0.15) is 5.69 Å². The largest absolute Gasteiger partial charge is 0.356 e. The number of benzene rings is 1. The number of hydrogen-bond acceptors (Lipinski definition) is 3. The number of rotatable bonds is 2. The molecule has 1 aromatic carbocycles. The van der Waals surface area contributed by atoms with Crippen molar-refractivity contribution in [3.63, 3.8) is 0 Å². The molecule has 1 aliphatic rings. The van der Waals surface area contributed by atoms with Crippen molar-refractivity contribution < 1.29 is 9.32 Å². The van der Waals surface area contributed by atoms with Crippen LogP contribution in [-0.4, -0.2) is 34.4 Å². The molecule has 0 bridgehead atoms. The second-order valence-corrected chi connectivity index (χ2v) is 5.98. The van der Waals surface area contributed by atoms with Gasteiger partial charge in [0, 0.05) is 23.9 Å². The molecule has 1 saturated heterocycles. The van der Waals surface area contributed by atoms with Gasteiger partial charge in [-0.15, -0.1) is 11.6 Å². The molecule has 2 heterocycles. The van der Waals surface area contributed by atoms with Gasteiger partial charge in [-0.1, -0.05) is 24.2 Å². The number of para-hydroxylation sites is 1. The number of carbonyl (C=O) groups is 1. The third-order valence-electron chi connectivity index (χ3n) is 3.92. The zero-order valence-electron chi connectivity index (χ0n) is 11.4. The van der Waals surface area contributed by atoms with E-state index in [1.165, 1.54) is 0 Å². The van der Waals surface area contributed by atoms with Crippen LogP contribution in [0.3, 0.4) is 0 Å². The molecule has 1 aromatic heterocycles. The molecule has 0 spiro atoms. The lowest BCUT2D eigenvalue weighted by atomic mass is 9.99. The van der Waals surface area contributed by atoms with Crippen LogP contribution in [0, 0.1) is 5.92 Å². The van der Waals surface area contributed by atoms with Crippen molar-refractivity contribution in [2.45, 2.75) is 25.1 Å². The predicted octanol–water partition coefficient (Wildman–Crippen LogP) is 2.85. The van der Waals surface area contributed by atoms with Crippen LogP contribution in [0.4, 0.5) is 0 Å². The molecule has 0 saturated carbocycles. The third kappa shape index (κ3) is 2.52. The number of nitrogens with zero attached hydrogens (tertiary/aromatic N) is 2. The van der Waals surface area contributed by atoms with Crippen LogP contribution in [0.2, 0.25) is 0 Å². The maximum Gasteiger partial charge on any atom is 0.228 e. The van der Waals surface area contributed by atoms with Gasteiger partial charge in [-0.25, -0.2) is 0 Å². The monoisotopic (exact) mass is 292 g/mol. The Morgan fingerprint density at radius 2 is 2.30 bits per heavy atom. The Bertz CT molecular complexity index is 625. The van der Waals surface area contributed by atoms with Crippen molar-refractivity contribution in [3.8, 4) is 0 Å². The van der Waals surface area contributed by atoms with E-state index in [9.17, 15) is 4.79 Å². The van der Waals surface area contributed by atoms with Crippen LogP contribution in [0.25, 0.3) is 11.0 Å². The number of amides is 1. The normalized spacial score (nSPS) is 23.2. The Balaban J connectivity index is 1.73. The van der Waals surface area contributed by atoms with E-state index in [4.69, 9.17) is 16.1 Å². The smallest absolute Gasteiger partial charge is 0.228 e. The maximum absolute atomic E-state index is 12.4. The summed E-state index contributed by atoms with van der Waals surface area (Å²) in [4.78, 5) is 14.2. The Labute approximate surface area is 122 Å². The minimum Gasteiger partial charge on any atom is -0.356 e. The zero-order chi connectivity index (χ0) is 14.1. The van der Waals surface area contributed by atoms with E-state index in [1.807, 2.05) is 29.2 Å². The lowest BCUT2D eigenvalue weighted by Gasteiger charge is -2.34. The van der Waals surface area contributed by atoms with Crippen LogP contribution in [0.15, 0.2) is 28.8 Å². The van der Waals surface area contributed by atoms with E-state index in [-0.39, 0.29) is 17.7 Å². The second-order valence-electron chi connectivity index (χ2n) is 5.42. The van der Waals surface area contributed by atoms with Crippen molar-refractivity contribution in [2.24, 2.45) is 5.92 Å². The molecular formula is C15H17ClN2O2. The minimum absolute atomic E-state index is 0.0967. The van der Waals surface area contributed by atoms with Gasteiger partial charge in [0.05, 0.1) is 6.42 Å². The van der Waals surface area contributed by atoms with Gasteiger partial charge in [0.25, 0.3) is 0 Å². The summed E-state index contributed by atoms with van der Waals surface area (Å²) in [5, 5.41) is 5.11. The first-order valence-corrected chi connectivity index (χ1v) is 7.34. The molecule has 4 nitrogen and oxygen atoms in total. The van der Waals surface area contributed by atoms with E-state index in [1.54, 1.807) is 0 Å². The molecular weight excluding hydrogens is 276 g/mol. The van der Waals surface area contributed by atoms with Crippen molar-refractivity contribution in [3.05, 3.63) is 30.0 Å². The predicted molar refractivity (Wildman–Crippen MR) is 77.7 cm³/mol. The highest BCUT2D eigenvalue weighted by molar-refractivity contribution is 6.20. The summed E-state index contributed by atoms with van der Waals surface area (Å²) in [6.45, 7) is 3.54. The standard InChI is InChI=1S/C15H17ClN2O2/c1-10-9-18(7-6-12(10)16)15(19)8-13-11-4-2-3-5-14(11)20-17-13/h2-5,10,12H,6-9H2,1H3. The van der Waals surface area contributed by atoms with Gasteiger partial charge in [0.15, 0.2) is 5.58 Å². The Kier molecular flexibility index (Phi) is 3.66. The number of halogens is 1. The molecule has 106 valence electrons. The van der Waals surface area contributed by atoms with E-state index >= 15 is 0 Å². The van der Waals surface area contributed by atoms with E-state index < -0.39 is 0 Å². The summed E-state index contributed by atoms with van der Waals surface area (Å²) in [5.74, 6) is 0.433. The topological polar surface area (TPSA) is 46.3 Å². The van der Waals surface area contributed by atoms with Crippen LogP contribution in [0.1, 0.15) is 19.0 Å². The van der Waals surface area contributed by atoms with Crippen molar-refractivity contribution in [1.82, 2.24) is 10.1 Å². The second kappa shape index (κ2) is 5.44. The number of hydrogen-bond donors (Lipinski definition) is 0. The van der Waals surface area contributed by atoms with E-state index in [2.05, 4.69) is 12.1 Å². The Morgan fingerprint density at radius 3 is 3.10 bits per heavy atom. The summed E-state index contributed by atoms with van der Waals surface area (Å²) >= 11 is 6.19. The summed E-state index contributed by atoms with van der Waals surface area (Å²) in [6.07, 6.45) is 1.14. The number of alkyl halides is 1. The number of fused-ring (bicyclic) bond motifs is 1. The van der Waals surface area contributed by atoms with Gasteiger partial charge in [-0.05, 0) is 24.5 Å². The van der Waals surface area contributed by atoms with Crippen molar-refractivity contribution in [1.29, 1.82) is 0 Å². The van der Waals surface area contributed by atoms with E-state index in [0.717, 1.165) is 30.5 Å². The number of likely N-dealkylation sites (tertiary alicyclic amines) is 1. The molecule has 2 aromatic rings. The summed E-state index contributed by atoms with van der Waals surface area (Å²) in [7, 11) is 0. The first kappa shape index (κ1) is 13.4. The van der Waals surface area contributed by atoms with Gasteiger partial charge in [-0.2, -0.15) is 0 Å². The molecule has 1 amide bonds. The molecule has 2 atom stereocenters. The molecule has 0 aliphatic carbocycles. The lowest BCUT2D eigenvalue weighted by molar-refractivity contribution is -0.132. The molecule has 0 N–H and O–H groups in total. The molecule has 1 aliphatic heterocycles. The van der Waals surface area contributed by atoms with Crippen molar-refractivity contribution in [2.75, 3.05) is 13.1 Å². The highest BCUT2D eigenvalue weighted by Crippen LogP contribution is 2.23. The lowest BCUT2D eigenvalue weighted by Crippen LogP contribution is -2.44. The third-order valence-corrected chi connectivity index (χ3v) is 4.57. The van der Waals surface area contributed by atoms with Crippen LogP contribution in [-0.2, 0) is 11.2 Å². The zero-order valence-corrected chi connectivity index (χ0v) is 12.1. The molecule has 0 radical (unpaired) electrons. The Morgan fingerprint density at radius 1 is 1.50 bits per heavy atom. The first-order valence-electron chi connectivity index (χ1n) is 6.90. The highest BCUT2D eigenvalue weighted by atomic mass is 35.5. The fourth-order valence-corrected chi connectivity index (χ4v) is 2.84. The van der Waals surface area contributed by atoms with Gasteiger partial charge >= 0.3 is 0 Å². The molecule has 20 heavy (non-hydrogen) atoms. The Hall–Kier alpha value is -1.55. The summed E-state index contributed by atoms with van der Waals surface area (Å²) < 4.78 is 5.23. The van der Waals surface area contributed by atoms with Gasteiger partial charge < -0.3 is 9.42 Å². The SMILES string of the molecule is CC1CN(C(=O)Cc2noc3ccccc23)CCC1Cl. The van der Waals surface area contributed by atoms with Crippen LogP contribution >= 0.6 is 11.6 Å². The van der Waals surface area contributed by atoms with Gasteiger partial charge in [0.2, 0.25) is 5.91 Å². The van der Waals surface area contributed by atoms with Crippen LogP contribution < -0.4 is 0 Å². The van der Waals surface area contributed by atoms with E-state index in [0.29, 0.717) is 11.6 Å². The highest BCUT2D eigenvalue weighted by Gasteiger charge is 2.27. The number of piperidine rings is 1. The minimum atomic E-state index is 0.0967. The fraction of sp³-hybridized carbons (Fsp3) is 0.467. The molecule has 1 fully saturated rings. The number of carbonyl (C=O) groups excluding carboxylic acids is 1. The quantitative estimate of drug-likeness (QED) is 0.800. The van der Waals surface area contributed by atoms with Crippen molar-refractivity contribution >= 4 is 28.5 Å². The average Bonchev–Trinajstić information content (AvgIpc) is 2.85. The molecule has 3 rings (SSSR count). The average molecular weight is 293 g/mol. The summed E-state index contributed by atoms with van der Waals surface area (Å²) in [6, 6.07) is 7.61. The molecule has 2 unspecified atom stereocenters. The molecule has 5 heteroatoms. The van der Waals surface area contributed by atoms with Crippen LogP contribution in [0.5, 0.6) is 0 Å². The maximum atomic E-state index is 12.4.